The number of hydrogen-bond acceptors (Lipinski definition) is 2. The highest BCUT2D eigenvalue weighted by Gasteiger charge is 2.23. The Hall–Kier alpha value is -0.570. The first-order chi connectivity index (χ1) is 6.00. The van der Waals surface area contributed by atoms with Crippen LogP contribution in [-0.4, -0.2) is 23.2 Å². The predicted molar refractivity (Wildman–Crippen MR) is 51.3 cm³/mol. The number of hydrogen-bond donors (Lipinski definition) is 2. The van der Waals surface area contributed by atoms with Crippen molar-refractivity contribution in [1.29, 1.82) is 0 Å². The summed E-state index contributed by atoms with van der Waals surface area (Å²) in [5.74, 6) is 0.536. The smallest absolute Gasteiger partial charge is 0.251 e. The normalized spacial score (nSPS) is 18.1. The minimum Gasteiger partial charge on any atom is -0.381 e. The molecule has 0 bridgehead atoms. The van der Waals surface area contributed by atoms with Gasteiger partial charge in [-0.15, -0.1) is 0 Å². The van der Waals surface area contributed by atoms with Gasteiger partial charge in [-0.05, 0) is 26.2 Å². The van der Waals surface area contributed by atoms with Crippen LogP contribution in [0.5, 0.6) is 0 Å². The number of carbonyl (C=O) groups excluding carboxylic acids is 1. The maximum absolute atomic E-state index is 11.2. The highest BCUT2D eigenvalue weighted by molar-refractivity contribution is 5.83. The monoisotopic (exact) mass is 185 g/mol. The quantitative estimate of drug-likeness (QED) is 0.688. The fourth-order valence-corrected chi connectivity index (χ4v) is 1.39. The molecule has 0 spiro atoms. The molecule has 1 aliphatic carbocycles. The first kappa shape index (κ1) is 10.5. The van der Waals surface area contributed by atoms with E-state index in [9.17, 15) is 9.90 Å². The molecule has 76 valence electrons. The molecule has 1 rings (SSSR count). The fraction of sp³-hybridized carbons (Fsp3) is 0.900. The van der Waals surface area contributed by atoms with Crippen molar-refractivity contribution in [3.05, 3.63) is 0 Å². The van der Waals surface area contributed by atoms with E-state index in [4.69, 9.17) is 0 Å². The lowest BCUT2D eigenvalue weighted by Gasteiger charge is -2.25. The highest BCUT2D eigenvalue weighted by atomic mass is 16.3. The maximum atomic E-state index is 11.2. The van der Waals surface area contributed by atoms with E-state index in [1.165, 1.54) is 33.1 Å². The van der Waals surface area contributed by atoms with Crippen LogP contribution >= 0.6 is 0 Å². The number of nitrogens with one attached hydrogen (secondary N) is 1. The van der Waals surface area contributed by atoms with Crippen LogP contribution in [0, 0.1) is 5.92 Å². The maximum Gasteiger partial charge on any atom is 0.251 e. The SMILES string of the molecule is CC(C)(O)C(=O)NCCC1CCC1. The molecule has 3 nitrogen and oxygen atoms in total. The molecule has 0 heterocycles. The van der Waals surface area contributed by atoms with Crippen LogP contribution in [0.1, 0.15) is 39.5 Å². The third kappa shape index (κ3) is 3.35. The van der Waals surface area contributed by atoms with Gasteiger partial charge in [-0.2, -0.15) is 0 Å². The van der Waals surface area contributed by atoms with Crippen molar-refractivity contribution >= 4 is 5.91 Å². The predicted octanol–water partition coefficient (Wildman–Crippen LogP) is 1.06. The summed E-state index contributed by atoms with van der Waals surface area (Å²) in [6.45, 7) is 3.71. The van der Waals surface area contributed by atoms with E-state index in [0.717, 1.165) is 12.3 Å². The summed E-state index contributed by atoms with van der Waals surface area (Å²) in [6, 6.07) is 0. The summed E-state index contributed by atoms with van der Waals surface area (Å²) in [5.41, 5.74) is -1.24. The largest absolute Gasteiger partial charge is 0.381 e. The summed E-state index contributed by atoms with van der Waals surface area (Å²) in [4.78, 5) is 11.2. The molecule has 3 heteroatoms. The van der Waals surface area contributed by atoms with Crippen LogP contribution in [0.4, 0.5) is 0 Å². The Morgan fingerprint density at radius 2 is 2.15 bits per heavy atom. The second kappa shape index (κ2) is 4.09. The van der Waals surface area contributed by atoms with Crippen molar-refractivity contribution in [1.82, 2.24) is 5.32 Å². The topological polar surface area (TPSA) is 49.3 Å². The van der Waals surface area contributed by atoms with Crippen LogP contribution < -0.4 is 5.32 Å². The Morgan fingerprint density at radius 3 is 2.54 bits per heavy atom. The van der Waals surface area contributed by atoms with Crippen LogP contribution in [-0.2, 0) is 4.79 Å². The van der Waals surface area contributed by atoms with Crippen molar-refractivity contribution in [3.8, 4) is 0 Å². The van der Waals surface area contributed by atoms with E-state index in [-0.39, 0.29) is 5.91 Å². The van der Waals surface area contributed by atoms with Crippen LogP contribution in [0.25, 0.3) is 0 Å². The zero-order valence-electron chi connectivity index (χ0n) is 8.47. The molecule has 0 aliphatic heterocycles. The standard InChI is InChI=1S/C10H19NO2/c1-10(2,13)9(12)11-7-6-8-4-3-5-8/h8,13H,3-7H2,1-2H3,(H,11,12). The van der Waals surface area contributed by atoms with Gasteiger partial charge in [-0.1, -0.05) is 19.3 Å². The zero-order valence-corrected chi connectivity index (χ0v) is 8.47. The Kier molecular flexibility index (Phi) is 3.31. The second-order valence-electron chi connectivity index (χ2n) is 4.40. The fourth-order valence-electron chi connectivity index (χ4n) is 1.39. The van der Waals surface area contributed by atoms with Gasteiger partial charge < -0.3 is 10.4 Å². The van der Waals surface area contributed by atoms with Crippen LogP contribution in [0.15, 0.2) is 0 Å². The molecule has 1 fully saturated rings. The van der Waals surface area contributed by atoms with E-state index in [0.29, 0.717) is 6.54 Å². The van der Waals surface area contributed by atoms with Gasteiger partial charge in [0, 0.05) is 6.54 Å². The molecule has 0 saturated heterocycles. The Bertz CT molecular complexity index is 180. The molecule has 0 unspecified atom stereocenters. The van der Waals surface area contributed by atoms with Crippen molar-refractivity contribution in [2.45, 2.75) is 45.1 Å². The van der Waals surface area contributed by atoms with Gasteiger partial charge >= 0.3 is 0 Å². The van der Waals surface area contributed by atoms with E-state index in [2.05, 4.69) is 5.32 Å². The molecule has 0 radical (unpaired) electrons. The van der Waals surface area contributed by atoms with Gasteiger partial charge in [0.05, 0.1) is 0 Å². The third-order valence-electron chi connectivity index (χ3n) is 2.62. The van der Waals surface area contributed by atoms with Gasteiger partial charge in [-0.3, -0.25) is 4.79 Å². The van der Waals surface area contributed by atoms with E-state index >= 15 is 0 Å². The average molecular weight is 185 g/mol. The lowest BCUT2D eigenvalue weighted by atomic mass is 9.83. The molecule has 0 aromatic rings. The Balaban J connectivity index is 2.08. The molecule has 1 saturated carbocycles. The van der Waals surface area contributed by atoms with Crippen molar-refractivity contribution in [3.63, 3.8) is 0 Å². The average Bonchev–Trinajstić information content (AvgIpc) is 1.91. The summed E-state index contributed by atoms with van der Waals surface area (Å²) in [6.07, 6.45) is 5.00. The summed E-state index contributed by atoms with van der Waals surface area (Å²) in [7, 11) is 0. The van der Waals surface area contributed by atoms with Gasteiger partial charge in [0.15, 0.2) is 0 Å². The lowest BCUT2D eigenvalue weighted by molar-refractivity contribution is -0.136. The molecule has 0 atom stereocenters. The van der Waals surface area contributed by atoms with Gasteiger partial charge in [0.2, 0.25) is 0 Å². The minimum absolute atomic E-state index is 0.271. The number of aliphatic hydroxyl groups is 1. The lowest BCUT2D eigenvalue weighted by Crippen LogP contribution is -2.42. The van der Waals surface area contributed by atoms with Crippen LogP contribution in [0.2, 0.25) is 0 Å². The van der Waals surface area contributed by atoms with Crippen molar-refractivity contribution in [2.75, 3.05) is 6.54 Å². The zero-order chi connectivity index (χ0) is 9.90. The number of rotatable bonds is 4. The molecule has 1 aliphatic rings. The summed E-state index contributed by atoms with van der Waals surface area (Å²) >= 11 is 0. The molecule has 0 aromatic carbocycles. The summed E-state index contributed by atoms with van der Waals surface area (Å²) < 4.78 is 0. The molecule has 13 heavy (non-hydrogen) atoms. The first-order valence-electron chi connectivity index (χ1n) is 5.01. The molecular formula is C10H19NO2. The molecular weight excluding hydrogens is 166 g/mol. The Labute approximate surface area is 79.5 Å². The van der Waals surface area contributed by atoms with E-state index in [1.807, 2.05) is 0 Å². The third-order valence-corrected chi connectivity index (χ3v) is 2.62. The molecule has 0 aromatic heterocycles. The van der Waals surface area contributed by atoms with Crippen LogP contribution in [0.3, 0.4) is 0 Å². The second-order valence-corrected chi connectivity index (χ2v) is 4.40. The molecule has 2 N–H and O–H groups in total. The van der Waals surface area contributed by atoms with Gasteiger partial charge in [-0.25, -0.2) is 0 Å². The summed E-state index contributed by atoms with van der Waals surface area (Å²) in [5, 5.41) is 12.0. The number of amides is 1. The van der Waals surface area contributed by atoms with Gasteiger partial charge in [0.1, 0.15) is 5.60 Å². The first-order valence-corrected chi connectivity index (χ1v) is 5.01. The Morgan fingerprint density at radius 1 is 1.54 bits per heavy atom. The van der Waals surface area contributed by atoms with Crippen molar-refractivity contribution in [2.24, 2.45) is 5.92 Å². The minimum atomic E-state index is -1.24. The highest BCUT2D eigenvalue weighted by Crippen LogP contribution is 2.28. The van der Waals surface area contributed by atoms with E-state index < -0.39 is 5.60 Å². The van der Waals surface area contributed by atoms with Crippen molar-refractivity contribution < 1.29 is 9.90 Å². The molecule has 1 amide bonds. The van der Waals surface area contributed by atoms with E-state index in [1.54, 1.807) is 0 Å². The van der Waals surface area contributed by atoms with Gasteiger partial charge in [0.25, 0.3) is 5.91 Å². The number of carbonyl (C=O) groups is 1.